The molecule has 1 atom stereocenters. The molecule has 0 aromatic heterocycles. The van der Waals surface area contributed by atoms with E-state index in [0.717, 1.165) is 5.56 Å². The molecule has 0 radical (unpaired) electrons. The highest BCUT2D eigenvalue weighted by Crippen LogP contribution is 2.24. The fourth-order valence-electron chi connectivity index (χ4n) is 2.92. The third kappa shape index (κ3) is 5.35. The minimum Gasteiger partial charge on any atom is -0.497 e. The number of carbonyl (C=O) groups is 2. The predicted octanol–water partition coefficient (Wildman–Crippen LogP) is 0.919. The minimum atomic E-state index is -0.482. The minimum absolute atomic E-state index is 0.0512. The van der Waals surface area contributed by atoms with Gasteiger partial charge in [0.25, 0.3) is 0 Å². The lowest BCUT2D eigenvalue weighted by Crippen LogP contribution is -2.56. The number of benzene rings is 1. The van der Waals surface area contributed by atoms with Crippen LogP contribution >= 0.6 is 0 Å². The predicted molar refractivity (Wildman–Crippen MR) is 94.6 cm³/mol. The lowest BCUT2D eigenvalue weighted by atomic mass is 10.1. The highest BCUT2D eigenvalue weighted by Gasteiger charge is 2.31. The molecule has 0 unspecified atom stereocenters. The van der Waals surface area contributed by atoms with Crippen molar-refractivity contribution in [2.24, 2.45) is 0 Å². The molecule has 25 heavy (non-hydrogen) atoms. The van der Waals surface area contributed by atoms with Gasteiger partial charge in [-0.2, -0.15) is 0 Å². The van der Waals surface area contributed by atoms with E-state index < -0.39 is 6.04 Å². The van der Waals surface area contributed by atoms with Crippen molar-refractivity contribution in [2.75, 3.05) is 27.3 Å². The van der Waals surface area contributed by atoms with E-state index in [-0.39, 0.29) is 24.3 Å². The standard InChI is InChI=1S/C18H27N3O4/c1-12(2)20-17(22)10-16-18(23)19-5-6-21(16)11-13-7-14(24-3)9-15(8-13)25-4/h7-9,12,16H,5-6,10-11H2,1-4H3,(H,19,23)(H,20,22)/t16-/m1/s1. The van der Waals surface area contributed by atoms with Crippen molar-refractivity contribution < 1.29 is 19.1 Å². The lowest BCUT2D eigenvalue weighted by molar-refractivity contribution is -0.134. The fourth-order valence-corrected chi connectivity index (χ4v) is 2.92. The first-order valence-corrected chi connectivity index (χ1v) is 8.46. The van der Waals surface area contributed by atoms with E-state index in [9.17, 15) is 9.59 Å². The summed E-state index contributed by atoms with van der Waals surface area (Å²) in [6, 6.07) is 5.21. The molecule has 138 valence electrons. The van der Waals surface area contributed by atoms with Gasteiger partial charge in [-0.25, -0.2) is 0 Å². The van der Waals surface area contributed by atoms with E-state index in [0.29, 0.717) is 31.1 Å². The molecule has 0 saturated carbocycles. The molecule has 7 heteroatoms. The zero-order valence-corrected chi connectivity index (χ0v) is 15.3. The van der Waals surface area contributed by atoms with Crippen LogP contribution in [0.3, 0.4) is 0 Å². The molecule has 0 spiro atoms. The van der Waals surface area contributed by atoms with Gasteiger partial charge in [0.1, 0.15) is 11.5 Å². The van der Waals surface area contributed by atoms with Crippen LogP contribution in [0.4, 0.5) is 0 Å². The Hall–Kier alpha value is -2.28. The van der Waals surface area contributed by atoms with Crippen LogP contribution in [0, 0.1) is 0 Å². The Morgan fingerprint density at radius 2 is 1.92 bits per heavy atom. The second kappa shape index (κ2) is 8.71. The van der Waals surface area contributed by atoms with E-state index in [2.05, 4.69) is 10.6 Å². The SMILES string of the molecule is COc1cc(CN2CCNC(=O)[C@H]2CC(=O)NC(C)C)cc(OC)c1. The van der Waals surface area contributed by atoms with Crippen molar-refractivity contribution in [2.45, 2.75) is 38.9 Å². The molecular formula is C18H27N3O4. The van der Waals surface area contributed by atoms with Gasteiger partial charge < -0.3 is 20.1 Å². The van der Waals surface area contributed by atoms with Gasteiger partial charge in [0.05, 0.1) is 26.7 Å². The number of carbonyl (C=O) groups excluding carboxylic acids is 2. The van der Waals surface area contributed by atoms with Gasteiger partial charge in [-0.05, 0) is 31.5 Å². The quantitative estimate of drug-likeness (QED) is 0.765. The maximum Gasteiger partial charge on any atom is 0.237 e. The summed E-state index contributed by atoms with van der Waals surface area (Å²) in [6.45, 7) is 5.60. The topological polar surface area (TPSA) is 79.9 Å². The van der Waals surface area contributed by atoms with Gasteiger partial charge in [0.15, 0.2) is 0 Å². The number of hydrogen-bond donors (Lipinski definition) is 2. The molecule has 0 aliphatic carbocycles. The first-order chi connectivity index (χ1) is 11.9. The second-order valence-electron chi connectivity index (χ2n) is 6.42. The van der Waals surface area contributed by atoms with Crippen molar-refractivity contribution in [3.05, 3.63) is 23.8 Å². The summed E-state index contributed by atoms with van der Waals surface area (Å²) in [6.07, 6.45) is 0.144. The van der Waals surface area contributed by atoms with Crippen molar-refractivity contribution in [1.29, 1.82) is 0 Å². The fraction of sp³-hybridized carbons (Fsp3) is 0.556. The Morgan fingerprint density at radius 3 is 2.48 bits per heavy atom. The number of nitrogens with one attached hydrogen (secondary N) is 2. The molecule has 1 aliphatic heterocycles. The van der Waals surface area contributed by atoms with Gasteiger partial charge in [0.2, 0.25) is 11.8 Å². The summed E-state index contributed by atoms with van der Waals surface area (Å²) >= 11 is 0. The van der Waals surface area contributed by atoms with Crippen molar-refractivity contribution in [1.82, 2.24) is 15.5 Å². The van der Waals surface area contributed by atoms with Gasteiger partial charge in [-0.15, -0.1) is 0 Å². The van der Waals surface area contributed by atoms with Crippen LogP contribution in [0.1, 0.15) is 25.8 Å². The first kappa shape index (κ1) is 19.1. The molecule has 1 saturated heterocycles. The summed E-state index contributed by atoms with van der Waals surface area (Å²) in [5.74, 6) is 1.17. The average molecular weight is 349 g/mol. The Labute approximate surface area is 148 Å². The number of rotatable bonds is 7. The third-order valence-corrected chi connectivity index (χ3v) is 4.07. The first-order valence-electron chi connectivity index (χ1n) is 8.46. The lowest BCUT2D eigenvalue weighted by Gasteiger charge is -2.35. The number of piperazine rings is 1. The Bertz CT molecular complexity index is 596. The van der Waals surface area contributed by atoms with Crippen LogP contribution in [-0.2, 0) is 16.1 Å². The normalized spacial score (nSPS) is 18.0. The van der Waals surface area contributed by atoms with E-state index in [1.54, 1.807) is 20.3 Å². The third-order valence-electron chi connectivity index (χ3n) is 4.07. The van der Waals surface area contributed by atoms with Crippen LogP contribution in [0.15, 0.2) is 18.2 Å². The molecule has 2 amide bonds. The molecule has 1 fully saturated rings. The van der Waals surface area contributed by atoms with Crippen LogP contribution in [0.2, 0.25) is 0 Å². The van der Waals surface area contributed by atoms with E-state index in [1.165, 1.54) is 0 Å². The molecule has 2 rings (SSSR count). The van der Waals surface area contributed by atoms with E-state index in [4.69, 9.17) is 9.47 Å². The van der Waals surface area contributed by atoms with Gasteiger partial charge in [-0.3, -0.25) is 14.5 Å². The summed E-state index contributed by atoms with van der Waals surface area (Å²) in [5.41, 5.74) is 0.972. The number of ether oxygens (including phenoxy) is 2. The Morgan fingerprint density at radius 1 is 1.28 bits per heavy atom. The highest BCUT2D eigenvalue weighted by atomic mass is 16.5. The molecule has 2 N–H and O–H groups in total. The maximum absolute atomic E-state index is 12.3. The zero-order chi connectivity index (χ0) is 18.4. The average Bonchev–Trinajstić information content (AvgIpc) is 2.57. The van der Waals surface area contributed by atoms with Crippen LogP contribution < -0.4 is 20.1 Å². The van der Waals surface area contributed by atoms with Crippen molar-refractivity contribution in [3.8, 4) is 11.5 Å². The number of methoxy groups -OCH3 is 2. The maximum atomic E-state index is 12.3. The largest absolute Gasteiger partial charge is 0.497 e. The second-order valence-corrected chi connectivity index (χ2v) is 6.42. The summed E-state index contributed by atoms with van der Waals surface area (Å²) in [4.78, 5) is 26.4. The monoisotopic (exact) mass is 349 g/mol. The Kier molecular flexibility index (Phi) is 6.64. The zero-order valence-electron chi connectivity index (χ0n) is 15.3. The molecular weight excluding hydrogens is 322 g/mol. The van der Waals surface area contributed by atoms with Gasteiger partial charge >= 0.3 is 0 Å². The smallest absolute Gasteiger partial charge is 0.237 e. The number of nitrogens with zero attached hydrogens (tertiary/aromatic N) is 1. The summed E-state index contributed by atoms with van der Waals surface area (Å²) in [7, 11) is 3.21. The van der Waals surface area contributed by atoms with Crippen molar-refractivity contribution >= 4 is 11.8 Å². The van der Waals surface area contributed by atoms with E-state index >= 15 is 0 Å². The van der Waals surface area contributed by atoms with Gasteiger partial charge in [0, 0.05) is 31.7 Å². The Balaban J connectivity index is 2.14. The molecule has 1 aromatic carbocycles. The van der Waals surface area contributed by atoms with Crippen LogP contribution in [-0.4, -0.2) is 56.1 Å². The molecule has 1 aromatic rings. The van der Waals surface area contributed by atoms with Crippen LogP contribution in [0.5, 0.6) is 11.5 Å². The van der Waals surface area contributed by atoms with Gasteiger partial charge in [-0.1, -0.05) is 0 Å². The van der Waals surface area contributed by atoms with E-state index in [1.807, 2.05) is 30.9 Å². The molecule has 1 aliphatic rings. The molecule has 1 heterocycles. The molecule has 0 bridgehead atoms. The summed E-state index contributed by atoms with van der Waals surface area (Å²) < 4.78 is 10.6. The highest BCUT2D eigenvalue weighted by molar-refractivity contribution is 5.88. The van der Waals surface area contributed by atoms with Crippen LogP contribution in [0.25, 0.3) is 0 Å². The summed E-state index contributed by atoms with van der Waals surface area (Å²) in [5, 5.41) is 5.69. The molecule has 7 nitrogen and oxygen atoms in total. The number of amides is 2. The number of hydrogen-bond acceptors (Lipinski definition) is 5. The van der Waals surface area contributed by atoms with Crippen molar-refractivity contribution in [3.63, 3.8) is 0 Å².